The third-order valence-corrected chi connectivity index (χ3v) is 8.14. The van der Waals surface area contributed by atoms with E-state index in [1.165, 1.54) is 51.4 Å². The largest absolute Gasteiger partial charge is 0.365 e. The molecule has 0 aromatic carbocycles. The Morgan fingerprint density at radius 3 is 2.85 bits per heavy atom. The average molecular weight is 272 g/mol. The molecule has 3 saturated carbocycles. The van der Waals surface area contributed by atoms with Gasteiger partial charge in [0.05, 0.1) is 6.10 Å². The number of ether oxygens (including phenoxy) is 1. The first-order valence-electron chi connectivity index (χ1n) is 8.98. The lowest BCUT2D eigenvalue weighted by Gasteiger charge is -2.56. The summed E-state index contributed by atoms with van der Waals surface area (Å²) in [6.07, 6.45) is 15.3. The Kier molecular flexibility index (Phi) is 2.28. The van der Waals surface area contributed by atoms with E-state index >= 15 is 0 Å². The maximum atomic E-state index is 5.93. The number of hydrogen-bond donors (Lipinski definition) is 0. The molecule has 0 spiro atoms. The molecule has 4 aliphatic carbocycles. The zero-order valence-corrected chi connectivity index (χ0v) is 13.0. The number of rotatable bonds is 0. The maximum absolute atomic E-state index is 5.93. The minimum atomic E-state index is 0.491. The van der Waals surface area contributed by atoms with Gasteiger partial charge >= 0.3 is 0 Å². The highest BCUT2D eigenvalue weighted by Crippen LogP contribution is 2.66. The Morgan fingerprint density at radius 1 is 1.05 bits per heavy atom. The van der Waals surface area contributed by atoms with Crippen LogP contribution in [-0.2, 0) is 4.74 Å². The SMILES string of the molecule is C[C@@]12CCC[C@H]1[C@@H]1CC=C3[C@@H]4O[C@@H]4CC[C@]3(C)[C@H]1CC2. The maximum Gasteiger partial charge on any atom is 0.106 e. The topological polar surface area (TPSA) is 12.5 Å². The van der Waals surface area contributed by atoms with Gasteiger partial charge in [-0.1, -0.05) is 26.3 Å². The molecule has 0 bridgehead atoms. The van der Waals surface area contributed by atoms with Gasteiger partial charge in [-0.15, -0.1) is 0 Å². The molecular weight excluding hydrogens is 244 g/mol. The van der Waals surface area contributed by atoms with Crippen LogP contribution in [0.2, 0.25) is 0 Å². The van der Waals surface area contributed by atoms with Gasteiger partial charge in [0.1, 0.15) is 6.10 Å². The van der Waals surface area contributed by atoms with Crippen LogP contribution in [0.15, 0.2) is 11.6 Å². The van der Waals surface area contributed by atoms with Crippen LogP contribution in [-0.4, -0.2) is 12.2 Å². The van der Waals surface area contributed by atoms with Crippen molar-refractivity contribution >= 4 is 0 Å². The minimum Gasteiger partial charge on any atom is -0.365 e. The highest BCUT2D eigenvalue weighted by Gasteiger charge is 2.60. The Hall–Kier alpha value is -0.300. The number of fused-ring (bicyclic) bond motifs is 7. The van der Waals surface area contributed by atoms with Crippen molar-refractivity contribution < 1.29 is 4.74 Å². The van der Waals surface area contributed by atoms with Crippen LogP contribution in [0, 0.1) is 28.6 Å². The van der Waals surface area contributed by atoms with Crippen molar-refractivity contribution in [3.63, 3.8) is 0 Å². The molecular formula is C19H28O. The van der Waals surface area contributed by atoms with Crippen LogP contribution in [0.25, 0.3) is 0 Å². The first kappa shape index (κ1) is 12.3. The van der Waals surface area contributed by atoms with Gasteiger partial charge in [-0.25, -0.2) is 0 Å². The second kappa shape index (κ2) is 3.72. The monoisotopic (exact) mass is 272 g/mol. The van der Waals surface area contributed by atoms with Crippen molar-refractivity contribution in [3.8, 4) is 0 Å². The first-order chi connectivity index (χ1) is 9.62. The summed E-state index contributed by atoms with van der Waals surface area (Å²) in [4.78, 5) is 0. The molecule has 0 aromatic heterocycles. The van der Waals surface area contributed by atoms with E-state index in [0.29, 0.717) is 23.0 Å². The predicted molar refractivity (Wildman–Crippen MR) is 80.4 cm³/mol. The second-order valence-corrected chi connectivity index (χ2v) is 8.91. The van der Waals surface area contributed by atoms with Crippen LogP contribution in [0.5, 0.6) is 0 Å². The lowest BCUT2D eigenvalue weighted by atomic mass is 9.48. The fourth-order valence-corrected chi connectivity index (χ4v) is 6.96. The molecule has 4 fully saturated rings. The zero-order chi connectivity index (χ0) is 13.5. The standard InChI is InChI=1S/C19H28O/c1-18-9-3-4-13(18)12-5-6-15-17-16(20-17)8-11-19(15,2)14(12)7-10-18/h6,12-14,16-17H,3-5,7-11H2,1-2H3/t12-,13-,14-,16+,17-,18-,19+/m0/s1. The summed E-state index contributed by atoms with van der Waals surface area (Å²) in [5.41, 5.74) is 2.90. The molecule has 1 heterocycles. The molecule has 110 valence electrons. The molecule has 20 heavy (non-hydrogen) atoms. The minimum absolute atomic E-state index is 0.491. The molecule has 1 aliphatic heterocycles. The molecule has 5 aliphatic rings. The van der Waals surface area contributed by atoms with Crippen LogP contribution in [0.4, 0.5) is 0 Å². The Balaban J connectivity index is 1.54. The Morgan fingerprint density at radius 2 is 1.95 bits per heavy atom. The Bertz CT molecular complexity index is 480. The van der Waals surface area contributed by atoms with Gasteiger partial charge in [0.2, 0.25) is 0 Å². The van der Waals surface area contributed by atoms with Crippen LogP contribution < -0.4 is 0 Å². The second-order valence-electron chi connectivity index (χ2n) is 8.91. The molecule has 0 amide bonds. The van der Waals surface area contributed by atoms with E-state index in [2.05, 4.69) is 19.9 Å². The van der Waals surface area contributed by atoms with Gasteiger partial charge in [-0.3, -0.25) is 0 Å². The van der Waals surface area contributed by atoms with Crippen molar-refractivity contribution in [2.75, 3.05) is 0 Å². The normalized spacial score (nSPS) is 59.9. The smallest absolute Gasteiger partial charge is 0.106 e. The quantitative estimate of drug-likeness (QED) is 0.459. The van der Waals surface area contributed by atoms with Crippen molar-refractivity contribution in [3.05, 3.63) is 11.6 Å². The van der Waals surface area contributed by atoms with Gasteiger partial charge in [0, 0.05) is 0 Å². The van der Waals surface area contributed by atoms with Gasteiger partial charge in [-0.2, -0.15) is 0 Å². The van der Waals surface area contributed by atoms with E-state index in [-0.39, 0.29) is 0 Å². The van der Waals surface area contributed by atoms with Gasteiger partial charge in [-0.05, 0) is 79.1 Å². The first-order valence-corrected chi connectivity index (χ1v) is 8.98. The third-order valence-electron chi connectivity index (χ3n) is 8.14. The van der Waals surface area contributed by atoms with E-state index in [1.54, 1.807) is 5.57 Å². The fraction of sp³-hybridized carbons (Fsp3) is 0.895. The average Bonchev–Trinajstić information content (AvgIpc) is 3.10. The molecule has 0 radical (unpaired) electrons. The van der Waals surface area contributed by atoms with Gasteiger partial charge in [0.15, 0.2) is 0 Å². The summed E-state index contributed by atoms with van der Waals surface area (Å²) in [5.74, 6) is 2.97. The summed E-state index contributed by atoms with van der Waals surface area (Å²) in [5, 5.41) is 0. The summed E-state index contributed by atoms with van der Waals surface area (Å²) in [6, 6.07) is 0. The lowest BCUT2D eigenvalue weighted by Crippen LogP contribution is -2.49. The molecule has 0 N–H and O–H groups in total. The van der Waals surface area contributed by atoms with Crippen LogP contribution >= 0.6 is 0 Å². The van der Waals surface area contributed by atoms with Crippen LogP contribution in [0.3, 0.4) is 0 Å². The number of epoxide rings is 1. The molecule has 0 unspecified atom stereocenters. The molecule has 1 heteroatoms. The number of hydrogen-bond acceptors (Lipinski definition) is 1. The molecule has 0 aromatic rings. The highest BCUT2D eigenvalue weighted by atomic mass is 16.6. The van der Waals surface area contributed by atoms with Crippen LogP contribution in [0.1, 0.15) is 65.2 Å². The highest BCUT2D eigenvalue weighted by molar-refractivity contribution is 5.32. The van der Waals surface area contributed by atoms with Crippen molar-refractivity contribution in [2.45, 2.75) is 77.4 Å². The summed E-state index contributed by atoms with van der Waals surface area (Å²) >= 11 is 0. The van der Waals surface area contributed by atoms with E-state index in [0.717, 1.165) is 17.8 Å². The fourth-order valence-electron chi connectivity index (χ4n) is 6.96. The van der Waals surface area contributed by atoms with E-state index in [9.17, 15) is 0 Å². The van der Waals surface area contributed by atoms with Crippen molar-refractivity contribution in [1.82, 2.24) is 0 Å². The van der Waals surface area contributed by atoms with E-state index < -0.39 is 0 Å². The number of allylic oxidation sites excluding steroid dienone is 1. The summed E-state index contributed by atoms with van der Waals surface area (Å²) in [7, 11) is 0. The molecule has 1 saturated heterocycles. The van der Waals surface area contributed by atoms with E-state index in [4.69, 9.17) is 4.74 Å². The lowest BCUT2D eigenvalue weighted by molar-refractivity contribution is -0.0228. The van der Waals surface area contributed by atoms with Gasteiger partial charge < -0.3 is 4.74 Å². The third kappa shape index (κ3) is 1.39. The predicted octanol–water partition coefficient (Wildman–Crippen LogP) is 4.72. The van der Waals surface area contributed by atoms with Crippen molar-refractivity contribution in [2.24, 2.45) is 28.6 Å². The molecule has 7 atom stereocenters. The van der Waals surface area contributed by atoms with Gasteiger partial charge in [0.25, 0.3) is 0 Å². The zero-order valence-electron chi connectivity index (χ0n) is 13.0. The molecule has 5 rings (SSSR count). The van der Waals surface area contributed by atoms with E-state index in [1.807, 2.05) is 0 Å². The summed E-state index contributed by atoms with van der Waals surface area (Å²) in [6.45, 7) is 5.19. The Labute approximate surface area is 123 Å². The summed E-state index contributed by atoms with van der Waals surface area (Å²) < 4.78 is 5.93. The molecule has 1 nitrogen and oxygen atoms in total. The van der Waals surface area contributed by atoms with Crippen molar-refractivity contribution in [1.29, 1.82) is 0 Å².